The zero-order valence-corrected chi connectivity index (χ0v) is 10.0. The molecule has 0 saturated carbocycles. The van der Waals surface area contributed by atoms with Crippen LogP contribution < -0.4 is 0 Å². The Kier molecular flexibility index (Phi) is 2.95. The number of hydrogen-bond donors (Lipinski definition) is 0. The summed E-state index contributed by atoms with van der Waals surface area (Å²) in [5, 5.41) is 0. The van der Waals surface area contributed by atoms with E-state index < -0.39 is 0 Å². The maximum atomic E-state index is 2.39. The molecule has 0 N–H and O–H groups in total. The van der Waals surface area contributed by atoms with E-state index >= 15 is 0 Å². The summed E-state index contributed by atoms with van der Waals surface area (Å²) >= 11 is 0. The van der Waals surface area contributed by atoms with Gasteiger partial charge in [0, 0.05) is 0 Å². The van der Waals surface area contributed by atoms with Gasteiger partial charge in [-0.1, -0.05) is 38.1 Å². The van der Waals surface area contributed by atoms with Gasteiger partial charge in [-0.25, -0.2) is 0 Å². The average Bonchev–Trinajstić information content (AvgIpc) is 2.40. The van der Waals surface area contributed by atoms with Gasteiger partial charge >= 0.3 is 0 Å². The third kappa shape index (κ3) is 2.14. The standard InChI is InChI=1S/C15H20/c1-11(2)14-9-8-13-7-5-4-6-12(3)15(13)10-14/h6,8-11H,4-5,7H2,1-3H3. The maximum absolute atomic E-state index is 2.39. The second-order valence-electron chi connectivity index (χ2n) is 4.85. The van der Waals surface area contributed by atoms with Gasteiger partial charge < -0.3 is 0 Å². The molecule has 0 spiro atoms. The number of rotatable bonds is 1. The zero-order valence-electron chi connectivity index (χ0n) is 10.0. The van der Waals surface area contributed by atoms with E-state index in [1.165, 1.54) is 41.5 Å². The van der Waals surface area contributed by atoms with Crippen LogP contribution in [0.3, 0.4) is 0 Å². The second-order valence-corrected chi connectivity index (χ2v) is 4.85. The summed E-state index contributed by atoms with van der Waals surface area (Å²) in [6, 6.07) is 7.01. The first-order valence-electron chi connectivity index (χ1n) is 5.98. The fourth-order valence-electron chi connectivity index (χ4n) is 2.26. The molecule has 0 unspecified atom stereocenters. The van der Waals surface area contributed by atoms with E-state index in [0.717, 1.165) is 0 Å². The quantitative estimate of drug-likeness (QED) is 0.624. The van der Waals surface area contributed by atoms with Crippen LogP contribution in [-0.4, -0.2) is 0 Å². The van der Waals surface area contributed by atoms with Crippen molar-refractivity contribution >= 4 is 5.57 Å². The zero-order chi connectivity index (χ0) is 10.8. The predicted molar refractivity (Wildman–Crippen MR) is 67.1 cm³/mol. The molecule has 0 fully saturated rings. The molecule has 1 aliphatic rings. The van der Waals surface area contributed by atoms with Crippen molar-refractivity contribution in [2.45, 2.75) is 46.0 Å². The molecule has 1 aliphatic carbocycles. The first-order chi connectivity index (χ1) is 7.18. The van der Waals surface area contributed by atoms with Gasteiger partial charge in [0.25, 0.3) is 0 Å². The van der Waals surface area contributed by atoms with Crippen LogP contribution in [0.25, 0.3) is 5.57 Å². The highest BCUT2D eigenvalue weighted by molar-refractivity contribution is 5.68. The van der Waals surface area contributed by atoms with Gasteiger partial charge in [-0.2, -0.15) is 0 Å². The number of fused-ring (bicyclic) bond motifs is 1. The lowest BCUT2D eigenvalue weighted by Crippen LogP contribution is -1.94. The minimum Gasteiger partial charge on any atom is -0.0810 e. The topological polar surface area (TPSA) is 0 Å². The predicted octanol–water partition coefficient (Wildman–Crippen LogP) is 4.55. The molecule has 0 amide bonds. The lowest BCUT2D eigenvalue weighted by molar-refractivity contribution is 0.842. The molecule has 15 heavy (non-hydrogen) atoms. The summed E-state index contributed by atoms with van der Waals surface area (Å²) in [6.45, 7) is 6.77. The van der Waals surface area contributed by atoms with Crippen LogP contribution in [0.4, 0.5) is 0 Å². The molecule has 1 aromatic rings. The lowest BCUT2D eigenvalue weighted by Gasteiger charge is -2.12. The lowest BCUT2D eigenvalue weighted by atomic mass is 9.93. The van der Waals surface area contributed by atoms with E-state index in [9.17, 15) is 0 Å². The Hall–Kier alpha value is -1.04. The monoisotopic (exact) mass is 200 g/mol. The van der Waals surface area contributed by atoms with Crippen molar-refractivity contribution in [3.8, 4) is 0 Å². The van der Waals surface area contributed by atoms with Crippen LogP contribution in [0.1, 0.15) is 56.2 Å². The molecular formula is C15H20. The minimum absolute atomic E-state index is 0.631. The largest absolute Gasteiger partial charge is 0.0810 e. The summed E-state index contributed by atoms with van der Waals surface area (Å²) in [5.41, 5.74) is 5.94. The van der Waals surface area contributed by atoms with E-state index in [1.54, 1.807) is 0 Å². The summed E-state index contributed by atoms with van der Waals surface area (Å²) < 4.78 is 0. The third-order valence-electron chi connectivity index (χ3n) is 3.33. The number of hydrogen-bond acceptors (Lipinski definition) is 0. The van der Waals surface area contributed by atoms with Crippen molar-refractivity contribution in [1.82, 2.24) is 0 Å². The fourth-order valence-corrected chi connectivity index (χ4v) is 2.26. The summed E-state index contributed by atoms with van der Waals surface area (Å²) in [6.07, 6.45) is 6.15. The molecule has 0 heterocycles. The Morgan fingerprint density at radius 2 is 2.00 bits per heavy atom. The average molecular weight is 200 g/mol. The van der Waals surface area contributed by atoms with Gasteiger partial charge in [-0.3, -0.25) is 0 Å². The van der Waals surface area contributed by atoms with Crippen LogP contribution >= 0.6 is 0 Å². The van der Waals surface area contributed by atoms with Crippen LogP contribution in [0, 0.1) is 0 Å². The van der Waals surface area contributed by atoms with E-state index in [-0.39, 0.29) is 0 Å². The number of allylic oxidation sites excluding steroid dienone is 2. The number of aryl methyl sites for hydroxylation is 1. The maximum Gasteiger partial charge on any atom is -0.0196 e. The molecule has 0 bridgehead atoms. The first-order valence-corrected chi connectivity index (χ1v) is 5.98. The van der Waals surface area contributed by atoms with Crippen molar-refractivity contribution in [2.24, 2.45) is 0 Å². The molecule has 0 atom stereocenters. The molecule has 0 nitrogen and oxygen atoms in total. The SMILES string of the molecule is CC1=CCCCc2ccc(C(C)C)cc21. The first kappa shape index (κ1) is 10.5. The van der Waals surface area contributed by atoms with E-state index in [4.69, 9.17) is 0 Å². The summed E-state index contributed by atoms with van der Waals surface area (Å²) in [7, 11) is 0. The van der Waals surface area contributed by atoms with Crippen LogP contribution in [0.5, 0.6) is 0 Å². The summed E-state index contributed by atoms with van der Waals surface area (Å²) in [5.74, 6) is 0.631. The molecule has 0 aromatic heterocycles. The smallest absolute Gasteiger partial charge is 0.0196 e. The Labute approximate surface area is 93.0 Å². The third-order valence-corrected chi connectivity index (χ3v) is 3.33. The second kappa shape index (κ2) is 4.22. The Balaban J connectivity index is 2.48. The van der Waals surface area contributed by atoms with E-state index in [0.29, 0.717) is 5.92 Å². The van der Waals surface area contributed by atoms with Crippen LogP contribution in [0.15, 0.2) is 24.3 Å². The van der Waals surface area contributed by atoms with Crippen LogP contribution in [-0.2, 0) is 6.42 Å². The Bertz CT molecular complexity index is 383. The molecule has 80 valence electrons. The fraction of sp³-hybridized carbons (Fsp3) is 0.467. The molecule has 0 radical (unpaired) electrons. The van der Waals surface area contributed by atoms with Gasteiger partial charge in [-0.05, 0) is 54.4 Å². The van der Waals surface area contributed by atoms with Gasteiger partial charge in [0.2, 0.25) is 0 Å². The van der Waals surface area contributed by atoms with Crippen molar-refractivity contribution in [1.29, 1.82) is 0 Å². The van der Waals surface area contributed by atoms with Gasteiger partial charge in [0.05, 0.1) is 0 Å². The molecule has 0 saturated heterocycles. The van der Waals surface area contributed by atoms with Crippen molar-refractivity contribution in [3.63, 3.8) is 0 Å². The minimum atomic E-state index is 0.631. The summed E-state index contributed by atoms with van der Waals surface area (Å²) in [4.78, 5) is 0. The highest BCUT2D eigenvalue weighted by Crippen LogP contribution is 2.28. The van der Waals surface area contributed by atoms with E-state index in [2.05, 4.69) is 45.0 Å². The van der Waals surface area contributed by atoms with Gasteiger partial charge in [-0.15, -0.1) is 0 Å². The van der Waals surface area contributed by atoms with E-state index in [1.807, 2.05) is 0 Å². The van der Waals surface area contributed by atoms with Crippen molar-refractivity contribution in [3.05, 3.63) is 41.0 Å². The Morgan fingerprint density at radius 3 is 2.73 bits per heavy atom. The highest BCUT2D eigenvalue weighted by atomic mass is 14.1. The van der Waals surface area contributed by atoms with Crippen molar-refractivity contribution in [2.75, 3.05) is 0 Å². The molecular weight excluding hydrogens is 180 g/mol. The van der Waals surface area contributed by atoms with Gasteiger partial charge in [0.15, 0.2) is 0 Å². The van der Waals surface area contributed by atoms with Gasteiger partial charge in [0.1, 0.15) is 0 Å². The van der Waals surface area contributed by atoms with Crippen LogP contribution in [0.2, 0.25) is 0 Å². The molecule has 2 rings (SSSR count). The van der Waals surface area contributed by atoms with Crippen molar-refractivity contribution < 1.29 is 0 Å². The highest BCUT2D eigenvalue weighted by Gasteiger charge is 2.10. The Morgan fingerprint density at radius 1 is 1.20 bits per heavy atom. The molecule has 1 aromatic carbocycles. The normalized spacial score (nSPS) is 15.9. The number of benzene rings is 1. The molecule has 0 aliphatic heterocycles. The molecule has 0 heteroatoms.